The fourth-order valence-electron chi connectivity index (χ4n) is 21.5. The van der Waals surface area contributed by atoms with Crippen molar-refractivity contribution in [3.8, 4) is 50.4 Å². The first-order valence-corrected chi connectivity index (χ1v) is 51.1. The van der Waals surface area contributed by atoms with Crippen molar-refractivity contribution in [2.45, 2.75) is 0 Å². The Bertz CT molecular complexity index is 10200. The van der Waals surface area contributed by atoms with E-state index < -0.39 is 0 Å². The summed E-state index contributed by atoms with van der Waals surface area (Å²) < 4.78 is 47.0. The Morgan fingerprint density at radius 2 is 0.421 bits per heavy atom. The first kappa shape index (κ1) is 84.7. The van der Waals surface area contributed by atoms with Gasteiger partial charge in [-0.15, -0.1) is 34.0 Å². The lowest BCUT2D eigenvalue weighted by molar-refractivity contribution is 0.627. The second kappa shape index (κ2) is 35.1. The zero-order chi connectivity index (χ0) is 95.7. The Morgan fingerprint density at radius 3 is 0.793 bits per heavy atom. The van der Waals surface area contributed by atoms with Crippen LogP contribution >= 0.6 is 34.0 Å². The number of anilines is 9. The van der Waals surface area contributed by atoms with Gasteiger partial charge in [-0.25, -0.2) is 4.39 Å². The van der Waals surface area contributed by atoms with Crippen LogP contribution in [0.15, 0.2) is 517 Å². The summed E-state index contributed by atoms with van der Waals surface area (Å²) in [4.78, 5) is 7.04. The Morgan fingerprint density at radius 1 is 0.172 bits per heavy atom. The van der Waals surface area contributed by atoms with Crippen molar-refractivity contribution >= 4 is 245 Å². The molecule has 684 valence electrons. The minimum atomic E-state index is -0.246. The summed E-state index contributed by atoms with van der Waals surface area (Å²) in [7, 11) is 0. The Hall–Kier alpha value is -18.4. The van der Waals surface area contributed by atoms with Gasteiger partial charge in [-0.1, -0.05) is 249 Å². The van der Waals surface area contributed by atoms with Crippen LogP contribution in [0.5, 0.6) is 0 Å². The molecule has 0 fully saturated rings. The van der Waals surface area contributed by atoms with Crippen LogP contribution in [0.2, 0.25) is 0 Å². The van der Waals surface area contributed by atoms with E-state index in [1.54, 1.807) is 34.0 Å². The van der Waals surface area contributed by atoms with E-state index in [2.05, 4.69) is 465 Å². The lowest BCUT2D eigenvalue weighted by atomic mass is 10.0. The quantitative estimate of drug-likeness (QED) is 0.102. The molecule has 0 bridgehead atoms. The number of benzene rings is 21. The van der Waals surface area contributed by atoms with Crippen LogP contribution in [0.25, 0.3) is 210 Å². The van der Waals surface area contributed by atoms with Crippen molar-refractivity contribution in [2.24, 2.45) is 0 Å². The van der Waals surface area contributed by atoms with E-state index >= 15 is 0 Å². The minimum absolute atomic E-state index is 0.246. The topological polar surface area (TPSA) is 63.9 Å². The fraction of sp³-hybridized carbons (Fsp3) is 0. The van der Waals surface area contributed by atoms with Crippen molar-refractivity contribution in [3.63, 3.8) is 0 Å². The zero-order valence-electron chi connectivity index (χ0n) is 77.9. The van der Waals surface area contributed by atoms with Gasteiger partial charge in [0, 0.05) is 147 Å². The monoisotopic (exact) mass is 1910 g/mol. The molecule has 9 aromatic heterocycles. The first-order chi connectivity index (χ1) is 71.8. The number of nitrogens with zero attached hydrogens (tertiary/aromatic N) is 6. The van der Waals surface area contributed by atoms with E-state index in [1.165, 1.54) is 134 Å². The normalized spacial score (nSPS) is 11.8. The van der Waals surface area contributed by atoms with E-state index in [-0.39, 0.29) is 5.82 Å². The van der Waals surface area contributed by atoms with E-state index in [0.29, 0.717) is 0 Å². The molecule has 0 spiro atoms. The molecule has 0 N–H and O–H groups in total. The predicted octanol–water partition coefficient (Wildman–Crippen LogP) is 39.2. The molecule has 0 unspecified atom stereocenters. The molecular formula is C132H83FN6O3S3. The number of rotatable bonds is 15. The number of aromatic nitrogens is 3. The maximum atomic E-state index is 13.9. The highest BCUT2D eigenvalue weighted by Crippen LogP contribution is 2.52. The van der Waals surface area contributed by atoms with Crippen molar-refractivity contribution in [1.82, 2.24) is 13.7 Å². The van der Waals surface area contributed by atoms with Crippen LogP contribution in [-0.4, -0.2) is 13.7 Å². The molecule has 30 aromatic rings. The smallest absolute Gasteiger partial charge is 0.154 e. The molecule has 0 atom stereocenters. The Balaban J connectivity index is 0.000000106. The van der Waals surface area contributed by atoms with Gasteiger partial charge >= 0.3 is 0 Å². The highest BCUT2D eigenvalue weighted by Gasteiger charge is 2.27. The molecule has 0 aliphatic rings. The summed E-state index contributed by atoms with van der Waals surface area (Å²) >= 11 is 5.38. The number of hydrogen-bond acceptors (Lipinski definition) is 9. The molecule has 145 heavy (non-hydrogen) atoms. The molecule has 0 aliphatic heterocycles. The lowest BCUT2D eigenvalue weighted by Gasteiger charge is -2.26. The molecule has 9 heterocycles. The van der Waals surface area contributed by atoms with E-state index in [9.17, 15) is 4.39 Å². The summed E-state index contributed by atoms with van der Waals surface area (Å²) in [6.07, 6.45) is 0. The van der Waals surface area contributed by atoms with E-state index in [1.807, 2.05) is 54.6 Å². The molecule has 0 amide bonds. The molecular weight excluding hydrogens is 1830 g/mol. The van der Waals surface area contributed by atoms with Gasteiger partial charge in [0.15, 0.2) is 16.7 Å². The van der Waals surface area contributed by atoms with Gasteiger partial charge in [0.2, 0.25) is 0 Å². The SMILES string of the molecule is Fc1ccc(-n2c3ccccc3c3cc(N(c4ccc(-c5ccccc5)cc4)c4ccc5c(c4)sc4c6ccccc6oc54)ccc32)cc1.c1ccc(-c2ccc(N(c3ccc4c(c3)sc3c5ccccc5oc43)c3ccc4c(c3)c3ccccc3n4-c3ccccc3)cc2)cc1.c1ccc(N(c2ccc(-c3ccc4c(c3)c3ccccc3n4-c3ccccc3)cc2)c2ccc3c(c2)sc2c4ccccc4oc32)cc1. The summed E-state index contributed by atoms with van der Waals surface area (Å²) in [5, 5.41) is 14.2. The number of halogens is 1. The number of thiophene rings is 3. The van der Waals surface area contributed by atoms with Gasteiger partial charge in [-0.05, 0) is 288 Å². The number of furan rings is 3. The second-order valence-corrected chi connectivity index (χ2v) is 39.8. The Kier molecular flexibility index (Phi) is 20.5. The number of fused-ring (bicyclic) bond motifs is 24. The van der Waals surface area contributed by atoms with E-state index in [4.69, 9.17) is 13.3 Å². The fourth-order valence-corrected chi connectivity index (χ4v) is 25.1. The van der Waals surface area contributed by atoms with Gasteiger partial charge < -0.3 is 41.7 Å². The average molecular weight is 1920 g/mol. The number of para-hydroxylation sites is 9. The third-order valence-corrected chi connectivity index (χ3v) is 31.7. The lowest BCUT2D eigenvalue weighted by Crippen LogP contribution is -2.09. The molecule has 21 aromatic carbocycles. The Labute approximate surface area is 843 Å². The van der Waals surface area contributed by atoms with Crippen molar-refractivity contribution < 1.29 is 17.6 Å². The van der Waals surface area contributed by atoms with Gasteiger partial charge in [-0.3, -0.25) is 0 Å². The average Bonchev–Trinajstić information content (AvgIpc) is 1.60. The highest BCUT2D eigenvalue weighted by atomic mass is 32.1. The summed E-state index contributed by atoms with van der Waals surface area (Å²) in [5.41, 5.74) is 32.9. The van der Waals surface area contributed by atoms with Crippen LogP contribution < -0.4 is 14.7 Å². The van der Waals surface area contributed by atoms with Crippen LogP contribution in [0.3, 0.4) is 0 Å². The zero-order valence-corrected chi connectivity index (χ0v) is 80.4. The summed E-state index contributed by atoms with van der Waals surface area (Å²) in [6.45, 7) is 0. The molecule has 0 radical (unpaired) electrons. The molecule has 0 saturated carbocycles. The summed E-state index contributed by atoms with van der Waals surface area (Å²) in [5.74, 6) is -0.246. The van der Waals surface area contributed by atoms with Crippen LogP contribution in [0, 0.1) is 5.82 Å². The standard InChI is InChI=1S/C44H27FN2OS.2C44H28N2OS/c45-30-16-20-32(21-17-30)47-39-12-6-4-10-35(39)38-26-33(23-25-40(38)47)46(31-18-14-29(15-19-31)28-8-2-1-3-9-28)34-22-24-37-42(27-34)49-44-36-11-5-7-13-41(36)48-43(37)44;1-3-11-31(12-4-1)45(34-24-25-37-42(28-34)48-44-36-16-8-10-18-41(36)47-43(37)44)33-22-19-29(20-23-33)30-21-26-40-38(27-30)35-15-7-9-17-39(35)46(40)32-13-5-2-6-14-32;1-3-11-29(12-4-1)30-19-21-32(22-20-30)45(34-23-25-37-42(28-34)48-44-36-16-8-10-18-41(36)47-43(37)44)33-24-26-40-38(27-33)35-15-7-9-17-39(35)46(40)31-13-5-2-6-14-31/h1-27H;2*1-28H. The van der Waals surface area contributed by atoms with Gasteiger partial charge in [0.25, 0.3) is 0 Å². The van der Waals surface area contributed by atoms with Gasteiger partial charge in [-0.2, -0.15) is 0 Å². The van der Waals surface area contributed by atoms with Crippen LogP contribution in [0.4, 0.5) is 55.6 Å². The second-order valence-electron chi connectivity index (χ2n) is 36.7. The summed E-state index contributed by atoms with van der Waals surface area (Å²) in [6, 6.07) is 177. The molecule has 9 nitrogen and oxygen atoms in total. The maximum absolute atomic E-state index is 13.9. The first-order valence-electron chi connectivity index (χ1n) is 48.6. The molecule has 30 rings (SSSR count). The largest absolute Gasteiger partial charge is 0.454 e. The maximum Gasteiger partial charge on any atom is 0.154 e. The minimum Gasteiger partial charge on any atom is -0.454 e. The molecule has 0 saturated heterocycles. The van der Waals surface area contributed by atoms with Crippen molar-refractivity contribution in [3.05, 3.63) is 509 Å². The predicted molar refractivity (Wildman–Crippen MR) is 611 cm³/mol. The van der Waals surface area contributed by atoms with Crippen LogP contribution in [0.1, 0.15) is 0 Å². The third-order valence-electron chi connectivity index (χ3n) is 28.2. The molecule has 0 aliphatic carbocycles. The van der Waals surface area contributed by atoms with Gasteiger partial charge in [0.1, 0.15) is 22.6 Å². The van der Waals surface area contributed by atoms with Crippen molar-refractivity contribution in [2.75, 3.05) is 14.7 Å². The third kappa shape index (κ3) is 14.7. The highest BCUT2D eigenvalue weighted by molar-refractivity contribution is 7.27. The molecule has 13 heteroatoms. The number of hydrogen-bond donors (Lipinski definition) is 0. The van der Waals surface area contributed by atoms with Crippen LogP contribution in [-0.2, 0) is 0 Å². The van der Waals surface area contributed by atoms with Gasteiger partial charge in [0.05, 0.1) is 47.2 Å². The van der Waals surface area contributed by atoms with E-state index in [0.717, 1.165) is 139 Å². The van der Waals surface area contributed by atoms with Crippen molar-refractivity contribution in [1.29, 1.82) is 0 Å².